The average Bonchev–Trinajstić information content (AvgIpc) is 1.96. The summed E-state index contributed by atoms with van der Waals surface area (Å²) in [5, 5.41) is 19.3. The summed E-state index contributed by atoms with van der Waals surface area (Å²) in [6, 6.07) is 0. The Hall–Kier alpha value is 0.825. The molecule has 68 valence electrons. The molecule has 0 aromatic heterocycles. The number of rotatable bonds is 7. The SMILES string of the molecule is NCCNCCNOB(O)O.[H-].[Na+]. The molecule has 0 unspecified atom stereocenters. The van der Waals surface area contributed by atoms with Gasteiger partial charge < -0.3 is 27.3 Å². The summed E-state index contributed by atoms with van der Waals surface area (Å²) in [5.41, 5.74) is 7.54. The molecule has 0 aromatic carbocycles. The van der Waals surface area contributed by atoms with Crippen LogP contribution in [0.25, 0.3) is 0 Å². The van der Waals surface area contributed by atoms with Crippen molar-refractivity contribution in [2.45, 2.75) is 0 Å². The van der Waals surface area contributed by atoms with Gasteiger partial charge >= 0.3 is 36.9 Å². The first kappa shape index (κ1) is 15.3. The van der Waals surface area contributed by atoms with Gasteiger partial charge in [-0.2, -0.15) is 0 Å². The zero-order valence-electron chi connectivity index (χ0n) is 8.29. The summed E-state index contributed by atoms with van der Waals surface area (Å²) in [4.78, 5) is 0. The van der Waals surface area contributed by atoms with Crippen LogP contribution in [0.5, 0.6) is 0 Å². The van der Waals surface area contributed by atoms with E-state index in [0.29, 0.717) is 19.6 Å². The third-order valence-electron chi connectivity index (χ3n) is 0.914. The van der Waals surface area contributed by atoms with Crippen molar-refractivity contribution in [2.24, 2.45) is 5.73 Å². The second kappa shape index (κ2) is 11.8. The van der Waals surface area contributed by atoms with Crippen molar-refractivity contribution < 1.29 is 45.8 Å². The van der Waals surface area contributed by atoms with Crippen molar-refractivity contribution in [2.75, 3.05) is 26.2 Å². The van der Waals surface area contributed by atoms with Gasteiger partial charge in [0.2, 0.25) is 0 Å². The molecule has 0 atom stereocenters. The van der Waals surface area contributed by atoms with Gasteiger partial charge in [0, 0.05) is 26.2 Å². The molecule has 0 spiro atoms. The first-order valence-electron chi connectivity index (χ1n) is 3.43. The van der Waals surface area contributed by atoms with E-state index >= 15 is 0 Å². The minimum Gasteiger partial charge on any atom is -1.00 e. The molecule has 6 N–H and O–H groups in total. The van der Waals surface area contributed by atoms with Crippen molar-refractivity contribution in [3.63, 3.8) is 0 Å². The smallest absolute Gasteiger partial charge is 1.00 e. The van der Waals surface area contributed by atoms with E-state index in [1.54, 1.807) is 0 Å². The third kappa shape index (κ3) is 13.4. The van der Waals surface area contributed by atoms with Crippen LogP contribution in [0.3, 0.4) is 0 Å². The molecule has 0 amide bonds. The Morgan fingerprint density at radius 3 is 2.50 bits per heavy atom. The van der Waals surface area contributed by atoms with E-state index < -0.39 is 7.32 Å². The Balaban J connectivity index is -0.000000500. The second-order valence-corrected chi connectivity index (χ2v) is 1.88. The molecule has 0 aromatic rings. The third-order valence-corrected chi connectivity index (χ3v) is 0.914. The molecule has 0 rings (SSSR count). The molecule has 0 saturated carbocycles. The largest absolute Gasteiger partial charge is 1.00 e. The van der Waals surface area contributed by atoms with Crippen molar-refractivity contribution >= 4 is 7.32 Å². The molecule has 12 heavy (non-hydrogen) atoms. The summed E-state index contributed by atoms with van der Waals surface area (Å²) in [5.74, 6) is 0. The molecule has 0 heterocycles. The topological polar surface area (TPSA) is 99.8 Å². The van der Waals surface area contributed by atoms with Crippen LogP contribution in [0.1, 0.15) is 1.43 Å². The van der Waals surface area contributed by atoms with Crippen LogP contribution in [0, 0.1) is 0 Å². The fourth-order valence-corrected chi connectivity index (χ4v) is 0.500. The Labute approximate surface area is 95.8 Å². The van der Waals surface area contributed by atoms with Gasteiger partial charge in [0.05, 0.1) is 0 Å². The van der Waals surface area contributed by atoms with Crippen LogP contribution in [0.15, 0.2) is 0 Å². The minimum absolute atomic E-state index is 0. The zero-order chi connectivity index (χ0) is 8.53. The monoisotopic (exact) mass is 187 g/mol. The van der Waals surface area contributed by atoms with E-state index in [-0.39, 0.29) is 31.0 Å². The van der Waals surface area contributed by atoms with E-state index in [9.17, 15) is 0 Å². The number of nitrogens with two attached hydrogens (primary N) is 1. The molecule has 0 aliphatic rings. The van der Waals surface area contributed by atoms with Crippen molar-refractivity contribution in [1.82, 2.24) is 10.8 Å². The minimum atomic E-state index is -1.76. The molecule has 0 saturated heterocycles. The summed E-state index contributed by atoms with van der Waals surface area (Å²) in [6.45, 7) is 2.49. The summed E-state index contributed by atoms with van der Waals surface area (Å²) >= 11 is 0. The van der Waals surface area contributed by atoms with Gasteiger partial charge in [-0.3, -0.25) is 0 Å². The molecule has 0 radical (unpaired) electrons. The second-order valence-electron chi connectivity index (χ2n) is 1.88. The van der Waals surface area contributed by atoms with Gasteiger partial charge in [-0.15, -0.1) is 0 Å². The number of hydrogen-bond donors (Lipinski definition) is 5. The average molecular weight is 187 g/mol. The summed E-state index contributed by atoms with van der Waals surface area (Å²) < 4.78 is 4.21. The van der Waals surface area contributed by atoms with Gasteiger partial charge in [0.15, 0.2) is 0 Å². The molecule has 0 aliphatic carbocycles. The fourth-order valence-electron chi connectivity index (χ4n) is 0.500. The Kier molecular flexibility index (Phi) is 15.1. The van der Waals surface area contributed by atoms with Crippen LogP contribution in [-0.4, -0.2) is 43.5 Å². The van der Waals surface area contributed by atoms with Crippen LogP contribution in [0.2, 0.25) is 0 Å². The predicted octanol–water partition coefficient (Wildman–Crippen LogP) is -5.86. The Morgan fingerprint density at radius 2 is 2.00 bits per heavy atom. The molecule has 0 aliphatic heterocycles. The maximum absolute atomic E-state index is 8.19. The van der Waals surface area contributed by atoms with Gasteiger partial charge in [0.25, 0.3) is 0 Å². The molecular formula is C4H15BN3NaO3. The van der Waals surface area contributed by atoms with Crippen molar-refractivity contribution in [3.05, 3.63) is 0 Å². The van der Waals surface area contributed by atoms with Crippen molar-refractivity contribution in [3.8, 4) is 0 Å². The molecule has 6 nitrogen and oxygen atoms in total. The maximum Gasteiger partial charge on any atom is 1.00 e. The first-order chi connectivity index (χ1) is 5.27. The number of nitrogens with one attached hydrogen (secondary N) is 2. The normalized spacial score (nSPS) is 9.25. The van der Waals surface area contributed by atoms with Gasteiger partial charge in [-0.05, 0) is 0 Å². The van der Waals surface area contributed by atoms with E-state index in [1.807, 2.05) is 0 Å². The van der Waals surface area contributed by atoms with Gasteiger partial charge in [-0.1, -0.05) is 0 Å². The quantitative estimate of drug-likeness (QED) is 0.154. The van der Waals surface area contributed by atoms with Crippen LogP contribution < -0.4 is 46.1 Å². The van der Waals surface area contributed by atoms with E-state index in [1.165, 1.54) is 0 Å². The van der Waals surface area contributed by atoms with Crippen LogP contribution >= 0.6 is 0 Å². The predicted molar refractivity (Wildman–Crippen MR) is 42.3 cm³/mol. The van der Waals surface area contributed by atoms with Crippen molar-refractivity contribution in [1.29, 1.82) is 0 Å². The standard InChI is InChI=1S/C4H14BN3O3.Na.H/c6-1-2-7-3-4-8-11-5(9)10;;/h7-10H,1-4,6H2;;/q;+1;-1. The summed E-state index contributed by atoms with van der Waals surface area (Å²) in [7, 11) is -1.76. The number of hydroxylamine groups is 1. The first-order valence-corrected chi connectivity index (χ1v) is 3.43. The van der Waals surface area contributed by atoms with Gasteiger partial charge in [0.1, 0.15) is 0 Å². The van der Waals surface area contributed by atoms with Gasteiger partial charge in [-0.25, -0.2) is 5.48 Å². The van der Waals surface area contributed by atoms with Crippen LogP contribution in [-0.2, 0) is 4.76 Å². The zero-order valence-corrected chi connectivity index (χ0v) is 9.29. The molecule has 0 fully saturated rings. The van der Waals surface area contributed by atoms with E-state index in [2.05, 4.69) is 15.6 Å². The number of hydrogen-bond acceptors (Lipinski definition) is 6. The summed E-state index contributed by atoms with van der Waals surface area (Å²) in [6.07, 6.45) is 0. The van der Waals surface area contributed by atoms with E-state index in [4.69, 9.17) is 15.8 Å². The van der Waals surface area contributed by atoms with E-state index in [0.717, 1.165) is 6.54 Å². The molecule has 8 heteroatoms. The Morgan fingerprint density at radius 1 is 1.33 bits per heavy atom. The fraction of sp³-hybridized carbons (Fsp3) is 1.00. The van der Waals surface area contributed by atoms with Crippen LogP contribution in [0.4, 0.5) is 0 Å². The maximum atomic E-state index is 8.19. The molecular weight excluding hydrogens is 172 g/mol. The molecule has 0 bridgehead atoms. The Bertz CT molecular complexity index is 95.0.